The Hall–Kier alpha value is -1.96. The van der Waals surface area contributed by atoms with Gasteiger partial charge in [-0.3, -0.25) is 0 Å². The fraction of sp³-hybridized carbons (Fsp3) is 0.417. The maximum atomic E-state index is 12.5. The fourth-order valence-corrected chi connectivity index (χ4v) is 1.78. The van der Waals surface area contributed by atoms with Crippen molar-refractivity contribution in [3.63, 3.8) is 0 Å². The molecule has 8 heteroatoms. The molecule has 0 atom stereocenters. The largest absolute Gasteiger partial charge is 0.416 e. The molecule has 20 heavy (non-hydrogen) atoms. The molecule has 1 heterocycles. The molecule has 108 valence electrons. The molecule has 0 fully saturated rings. The van der Waals surface area contributed by atoms with Crippen LogP contribution in [0.1, 0.15) is 18.4 Å². The Kier molecular flexibility index (Phi) is 4.33. The summed E-state index contributed by atoms with van der Waals surface area (Å²) in [5.41, 5.74) is 5.27. The van der Waals surface area contributed by atoms with Crippen LogP contribution >= 0.6 is 0 Å². The van der Waals surface area contributed by atoms with E-state index in [1.165, 1.54) is 12.1 Å². The number of tetrazole rings is 1. The first kappa shape index (κ1) is 14.4. The Morgan fingerprint density at radius 1 is 1.10 bits per heavy atom. The first-order chi connectivity index (χ1) is 9.52. The number of alkyl halides is 3. The zero-order chi connectivity index (χ0) is 14.6. The van der Waals surface area contributed by atoms with Crippen LogP contribution in [0.25, 0.3) is 11.4 Å². The second kappa shape index (κ2) is 6.00. The Morgan fingerprint density at radius 3 is 2.40 bits per heavy atom. The van der Waals surface area contributed by atoms with Crippen molar-refractivity contribution in [1.29, 1.82) is 0 Å². The molecular formula is C12H14F3N5. The van der Waals surface area contributed by atoms with E-state index in [0.29, 0.717) is 24.5 Å². The maximum Gasteiger partial charge on any atom is 0.416 e. The molecule has 0 aliphatic carbocycles. The predicted molar refractivity (Wildman–Crippen MR) is 66.5 cm³/mol. The van der Waals surface area contributed by atoms with E-state index in [4.69, 9.17) is 5.73 Å². The van der Waals surface area contributed by atoms with Gasteiger partial charge in [-0.25, -0.2) is 4.68 Å². The van der Waals surface area contributed by atoms with Crippen LogP contribution in [0.3, 0.4) is 0 Å². The maximum absolute atomic E-state index is 12.5. The van der Waals surface area contributed by atoms with Crippen LogP contribution < -0.4 is 5.73 Å². The van der Waals surface area contributed by atoms with Gasteiger partial charge in [0.1, 0.15) is 0 Å². The van der Waals surface area contributed by atoms with Crippen LogP contribution in [0.15, 0.2) is 24.3 Å². The number of hydrogen-bond acceptors (Lipinski definition) is 4. The highest BCUT2D eigenvalue weighted by molar-refractivity contribution is 5.55. The van der Waals surface area contributed by atoms with Gasteiger partial charge in [0.05, 0.1) is 5.56 Å². The average Bonchev–Trinajstić information content (AvgIpc) is 2.87. The number of nitrogens with two attached hydrogens (primary N) is 1. The van der Waals surface area contributed by atoms with E-state index in [0.717, 1.165) is 25.0 Å². The molecule has 2 N–H and O–H groups in total. The number of nitrogens with zero attached hydrogens (tertiary/aromatic N) is 4. The van der Waals surface area contributed by atoms with Crippen LogP contribution in [0.2, 0.25) is 0 Å². The summed E-state index contributed by atoms with van der Waals surface area (Å²) in [6.07, 6.45) is -2.69. The van der Waals surface area contributed by atoms with E-state index in [9.17, 15) is 13.2 Å². The SMILES string of the molecule is NCCCCn1nnnc1-c1ccc(C(F)(F)F)cc1. The minimum Gasteiger partial charge on any atom is -0.330 e. The molecule has 0 amide bonds. The van der Waals surface area contributed by atoms with E-state index in [-0.39, 0.29) is 0 Å². The monoisotopic (exact) mass is 285 g/mol. The minimum atomic E-state index is -4.34. The van der Waals surface area contributed by atoms with Gasteiger partial charge < -0.3 is 5.73 Å². The van der Waals surface area contributed by atoms with Crippen LogP contribution in [0, 0.1) is 0 Å². The van der Waals surface area contributed by atoms with Gasteiger partial charge >= 0.3 is 6.18 Å². The van der Waals surface area contributed by atoms with Gasteiger partial charge in [0.25, 0.3) is 0 Å². The Labute approximate surface area is 113 Å². The van der Waals surface area contributed by atoms with Crippen molar-refractivity contribution in [2.75, 3.05) is 6.54 Å². The third kappa shape index (κ3) is 3.32. The lowest BCUT2D eigenvalue weighted by molar-refractivity contribution is -0.137. The minimum absolute atomic E-state index is 0.454. The zero-order valence-electron chi connectivity index (χ0n) is 10.6. The van der Waals surface area contributed by atoms with Crippen molar-refractivity contribution in [3.05, 3.63) is 29.8 Å². The number of rotatable bonds is 5. The molecule has 0 saturated carbocycles. The summed E-state index contributed by atoms with van der Waals surface area (Å²) in [5, 5.41) is 11.2. The Bertz CT molecular complexity index is 547. The van der Waals surface area contributed by atoms with Gasteiger partial charge in [-0.05, 0) is 41.9 Å². The highest BCUT2D eigenvalue weighted by atomic mass is 19.4. The summed E-state index contributed by atoms with van der Waals surface area (Å²) in [6.45, 7) is 1.16. The van der Waals surface area contributed by atoms with Crippen molar-refractivity contribution >= 4 is 0 Å². The first-order valence-electron chi connectivity index (χ1n) is 6.16. The van der Waals surface area contributed by atoms with Gasteiger partial charge in [-0.1, -0.05) is 12.1 Å². The molecule has 0 saturated heterocycles. The summed E-state index contributed by atoms with van der Waals surface area (Å²) >= 11 is 0. The summed E-state index contributed by atoms with van der Waals surface area (Å²) in [5.74, 6) is 0.454. The molecule has 0 spiro atoms. The molecule has 5 nitrogen and oxygen atoms in total. The molecule has 0 aliphatic rings. The topological polar surface area (TPSA) is 69.6 Å². The van der Waals surface area contributed by atoms with Crippen LogP contribution in [0.5, 0.6) is 0 Å². The zero-order valence-corrected chi connectivity index (χ0v) is 10.6. The molecule has 2 aromatic rings. The second-order valence-electron chi connectivity index (χ2n) is 4.30. The summed E-state index contributed by atoms with van der Waals surface area (Å²) in [7, 11) is 0. The third-order valence-electron chi connectivity index (χ3n) is 2.83. The molecule has 2 rings (SSSR count). The number of unbranched alkanes of at least 4 members (excludes halogenated alkanes) is 1. The fourth-order valence-electron chi connectivity index (χ4n) is 1.78. The van der Waals surface area contributed by atoms with Crippen molar-refractivity contribution < 1.29 is 13.2 Å². The first-order valence-corrected chi connectivity index (χ1v) is 6.16. The number of benzene rings is 1. The van der Waals surface area contributed by atoms with E-state index in [2.05, 4.69) is 15.5 Å². The van der Waals surface area contributed by atoms with Gasteiger partial charge in [0.15, 0.2) is 5.82 Å². The van der Waals surface area contributed by atoms with E-state index in [1.54, 1.807) is 4.68 Å². The standard InChI is InChI=1S/C12H14F3N5/c13-12(14,15)10-5-3-9(4-6-10)11-17-18-19-20(11)8-2-1-7-16/h3-6H,1-2,7-8,16H2. The van der Waals surface area contributed by atoms with E-state index >= 15 is 0 Å². The van der Waals surface area contributed by atoms with E-state index in [1.807, 2.05) is 0 Å². The highest BCUT2D eigenvalue weighted by Crippen LogP contribution is 2.30. The van der Waals surface area contributed by atoms with Crippen molar-refractivity contribution in [3.8, 4) is 11.4 Å². The van der Waals surface area contributed by atoms with Gasteiger partial charge in [0.2, 0.25) is 0 Å². The average molecular weight is 285 g/mol. The number of hydrogen-bond donors (Lipinski definition) is 1. The highest BCUT2D eigenvalue weighted by Gasteiger charge is 2.30. The van der Waals surface area contributed by atoms with Crippen LogP contribution in [-0.2, 0) is 12.7 Å². The van der Waals surface area contributed by atoms with Crippen molar-refractivity contribution in [2.45, 2.75) is 25.6 Å². The Balaban J connectivity index is 2.18. The van der Waals surface area contributed by atoms with Gasteiger partial charge in [-0.15, -0.1) is 5.10 Å². The van der Waals surface area contributed by atoms with Crippen molar-refractivity contribution in [2.24, 2.45) is 5.73 Å². The molecule has 1 aromatic carbocycles. The summed E-state index contributed by atoms with van der Waals surface area (Å²) < 4.78 is 39.0. The smallest absolute Gasteiger partial charge is 0.330 e. The van der Waals surface area contributed by atoms with E-state index < -0.39 is 11.7 Å². The van der Waals surface area contributed by atoms with Crippen LogP contribution in [-0.4, -0.2) is 26.8 Å². The lowest BCUT2D eigenvalue weighted by Crippen LogP contribution is -2.07. The van der Waals surface area contributed by atoms with Gasteiger partial charge in [0, 0.05) is 12.1 Å². The lowest BCUT2D eigenvalue weighted by Gasteiger charge is -2.08. The number of aryl methyl sites for hydroxylation is 1. The van der Waals surface area contributed by atoms with Crippen LogP contribution in [0.4, 0.5) is 13.2 Å². The molecule has 1 aromatic heterocycles. The normalized spacial score (nSPS) is 11.8. The lowest BCUT2D eigenvalue weighted by atomic mass is 10.1. The molecule has 0 bridgehead atoms. The number of aromatic nitrogens is 4. The quantitative estimate of drug-likeness (QED) is 0.854. The third-order valence-corrected chi connectivity index (χ3v) is 2.83. The predicted octanol–water partition coefficient (Wildman–Crippen LogP) is 2.10. The molecule has 0 radical (unpaired) electrons. The molecule has 0 unspecified atom stereocenters. The number of halogens is 3. The second-order valence-corrected chi connectivity index (χ2v) is 4.30. The van der Waals surface area contributed by atoms with Gasteiger partial charge in [-0.2, -0.15) is 13.2 Å². The summed E-state index contributed by atoms with van der Waals surface area (Å²) in [4.78, 5) is 0. The summed E-state index contributed by atoms with van der Waals surface area (Å²) in [6, 6.07) is 4.78. The molecular weight excluding hydrogens is 271 g/mol. The Morgan fingerprint density at radius 2 is 1.80 bits per heavy atom. The van der Waals surface area contributed by atoms with Crippen molar-refractivity contribution in [1.82, 2.24) is 20.2 Å². The molecule has 0 aliphatic heterocycles.